The van der Waals surface area contributed by atoms with Crippen LogP contribution in [-0.2, 0) is 9.59 Å². The van der Waals surface area contributed by atoms with Gasteiger partial charge in [-0.2, -0.15) is 5.26 Å². The van der Waals surface area contributed by atoms with Gasteiger partial charge in [0.1, 0.15) is 11.8 Å². The van der Waals surface area contributed by atoms with E-state index in [9.17, 15) is 9.59 Å². The Morgan fingerprint density at radius 3 is 2.78 bits per heavy atom. The minimum atomic E-state index is -0.366. The molecule has 0 fully saturated rings. The lowest BCUT2D eigenvalue weighted by Crippen LogP contribution is -2.30. The molecule has 0 atom stereocenters. The van der Waals surface area contributed by atoms with Crippen LogP contribution in [0.1, 0.15) is 6.92 Å². The van der Waals surface area contributed by atoms with Crippen LogP contribution in [0, 0.1) is 11.3 Å². The molecule has 0 radical (unpaired) electrons. The van der Waals surface area contributed by atoms with Crippen LogP contribution in [0.25, 0.3) is 0 Å². The number of imide groups is 1. The molecule has 1 aromatic carbocycles. The molecule has 5 nitrogen and oxygen atoms in total. The fourth-order valence-corrected chi connectivity index (χ4v) is 1.66. The summed E-state index contributed by atoms with van der Waals surface area (Å²) in [6.07, 6.45) is 1.30. The molecule has 0 spiro atoms. The van der Waals surface area contributed by atoms with Gasteiger partial charge in [0.05, 0.1) is 5.69 Å². The molecule has 18 heavy (non-hydrogen) atoms. The van der Waals surface area contributed by atoms with Crippen molar-refractivity contribution in [2.45, 2.75) is 6.92 Å². The van der Waals surface area contributed by atoms with Crippen molar-refractivity contribution in [3.8, 4) is 11.8 Å². The summed E-state index contributed by atoms with van der Waals surface area (Å²) in [5.74, 6) is -0.258. The molecule has 0 saturated carbocycles. The molecule has 0 bridgehead atoms. The maximum Gasteiger partial charge on any atom is 0.261 e. The van der Waals surface area contributed by atoms with E-state index in [2.05, 4.69) is 0 Å². The lowest BCUT2D eigenvalue weighted by molar-refractivity contribution is -0.120. The number of benzene rings is 1. The first kappa shape index (κ1) is 11.9. The molecule has 0 aromatic heterocycles. The van der Waals surface area contributed by atoms with Crippen LogP contribution in [0.2, 0.25) is 0 Å². The normalized spacial score (nSPS) is 14.4. The Morgan fingerprint density at radius 2 is 2.17 bits per heavy atom. The second-order valence-electron chi connectivity index (χ2n) is 3.75. The van der Waals surface area contributed by atoms with Crippen LogP contribution >= 0.6 is 0 Å². The molecule has 1 aliphatic heterocycles. The van der Waals surface area contributed by atoms with E-state index in [0.717, 1.165) is 4.90 Å². The first-order valence-electron chi connectivity index (χ1n) is 5.30. The topological polar surface area (TPSA) is 70.4 Å². The van der Waals surface area contributed by atoms with Crippen LogP contribution in [0.3, 0.4) is 0 Å². The van der Waals surface area contributed by atoms with Crippen molar-refractivity contribution in [2.75, 3.05) is 11.5 Å². The highest BCUT2D eigenvalue weighted by atomic mass is 16.5. The van der Waals surface area contributed by atoms with E-state index in [0.29, 0.717) is 17.0 Å². The third kappa shape index (κ3) is 2.09. The van der Waals surface area contributed by atoms with Gasteiger partial charge in [0.2, 0.25) is 0 Å². The van der Waals surface area contributed by atoms with Crippen molar-refractivity contribution >= 4 is 17.5 Å². The number of anilines is 1. The Hall–Kier alpha value is -2.61. The molecule has 2 amide bonds. The fourth-order valence-electron chi connectivity index (χ4n) is 1.66. The van der Waals surface area contributed by atoms with Gasteiger partial charge < -0.3 is 4.74 Å². The third-order valence-corrected chi connectivity index (χ3v) is 2.48. The van der Waals surface area contributed by atoms with Gasteiger partial charge in [0.25, 0.3) is 11.8 Å². The number of hydrogen-bond acceptors (Lipinski definition) is 4. The second-order valence-corrected chi connectivity index (χ2v) is 3.75. The number of nitriles is 1. The van der Waals surface area contributed by atoms with Crippen LogP contribution in [0.4, 0.5) is 5.69 Å². The Labute approximate surface area is 104 Å². The van der Waals surface area contributed by atoms with E-state index in [-0.39, 0.29) is 18.4 Å². The van der Waals surface area contributed by atoms with E-state index in [4.69, 9.17) is 10.00 Å². The first-order valence-corrected chi connectivity index (χ1v) is 5.30. The molecule has 1 aliphatic rings. The summed E-state index contributed by atoms with van der Waals surface area (Å²) in [6.45, 7) is 1.51. The first-order chi connectivity index (χ1) is 8.63. The lowest BCUT2D eigenvalue weighted by Gasteiger charge is -2.15. The molecule has 90 valence electrons. The average molecular weight is 242 g/mol. The number of ether oxygens (including phenoxy) is 1. The summed E-state index contributed by atoms with van der Waals surface area (Å²) >= 11 is 0. The van der Waals surface area contributed by atoms with Gasteiger partial charge in [0.15, 0.2) is 6.61 Å². The molecule has 5 heteroatoms. The summed E-state index contributed by atoms with van der Waals surface area (Å²) in [4.78, 5) is 24.5. The van der Waals surface area contributed by atoms with Crippen molar-refractivity contribution in [1.82, 2.24) is 0 Å². The highest BCUT2D eigenvalue weighted by molar-refractivity contribution is 6.30. The number of hydrogen-bond donors (Lipinski definition) is 0. The van der Waals surface area contributed by atoms with Crippen molar-refractivity contribution in [3.63, 3.8) is 0 Å². The maximum atomic E-state index is 11.8. The van der Waals surface area contributed by atoms with Gasteiger partial charge in [-0.05, 0) is 19.1 Å². The van der Waals surface area contributed by atoms with Crippen molar-refractivity contribution in [1.29, 1.82) is 5.26 Å². The quantitative estimate of drug-likeness (QED) is 0.751. The van der Waals surface area contributed by atoms with Gasteiger partial charge in [-0.1, -0.05) is 6.07 Å². The molecule has 0 unspecified atom stereocenters. The second kappa shape index (κ2) is 4.72. The smallest absolute Gasteiger partial charge is 0.261 e. The van der Waals surface area contributed by atoms with E-state index in [1.807, 2.05) is 6.07 Å². The molecular weight excluding hydrogens is 232 g/mol. The van der Waals surface area contributed by atoms with Gasteiger partial charge in [0, 0.05) is 17.7 Å². The third-order valence-electron chi connectivity index (χ3n) is 2.48. The SMILES string of the molecule is CC1=CC(=O)N(c2cccc(OCC#N)c2)C1=O. The number of amides is 2. The zero-order chi connectivity index (χ0) is 13.1. The Kier molecular flexibility index (Phi) is 3.11. The summed E-state index contributed by atoms with van der Waals surface area (Å²) in [7, 11) is 0. The van der Waals surface area contributed by atoms with Crippen LogP contribution < -0.4 is 9.64 Å². The highest BCUT2D eigenvalue weighted by Crippen LogP contribution is 2.25. The zero-order valence-corrected chi connectivity index (χ0v) is 9.71. The highest BCUT2D eigenvalue weighted by Gasteiger charge is 2.29. The molecule has 0 aliphatic carbocycles. The minimum absolute atomic E-state index is 0.0807. The number of nitrogens with zero attached hydrogens (tertiary/aromatic N) is 2. The number of rotatable bonds is 3. The standard InChI is InChI=1S/C13H10N2O3/c1-9-7-12(16)15(13(9)17)10-3-2-4-11(8-10)18-6-5-14/h2-4,7-8H,6H2,1H3. The summed E-state index contributed by atoms with van der Waals surface area (Å²) in [5.41, 5.74) is 0.844. The van der Waals surface area contributed by atoms with Crippen LogP contribution in [-0.4, -0.2) is 18.4 Å². The monoisotopic (exact) mass is 242 g/mol. The molecule has 2 rings (SSSR count). The van der Waals surface area contributed by atoms with Gasteiger partial charge in [-0.15, -0.1) is 0 Å². The van der Waals surface area contributed by atoms with E-state index in [1.165, 1.54) is 6.08 Å². The summed E-state index contributed by atoms with van der Waals surface area (Å²) in [6, 6.07) is 8.37. The zero-order valence-electron chi connectivity index (χ0n) is 9.71. The van der Waals surface area contributed by atoms with Gasteiger partial charge in [-0.25, -0.2) is 4.90 Å². The predicted molar refractivity (Wildman–Crippen MR) is 63.8 cm³/mol. The van der Waals surface area contributed by atoms with Crippen LogP contribution in [0.5, 0.6) is 5.75 Å². The number of carbonyl (C=O) groups excluding carboxylic acids is 2. The van der Waals surface area contributed by atoms with Crippen molar-refractivity contribution in [2.24, 2.45) is 0 Å². The maximum absolute atomic E-state index is 11.8. The van der Waals surface area contributed by atoms with E-state index < -0.39 is 0 Å². The van der Waals surface area contributed by atoms with Crippen molar-refractivity contribution in [3.05, 3.63) is 35.9 Å². The summed E-state index contributed by atoms with van der Waals surface area (Å²) < 4.78 is 5.13. The predicted octanol–water partition coefficient (Wildman–Crippen LogP) is 1.41. The molecule has 0 N–H and O–H groups in total. The van der Waals surface area contributed by atoms with Crippen molar-refractivity contribution < 1.29 is 14.3 Å². The Balaban J connectivity index is 2.27. The van der Waals surface area contributed by atoms with E-state index >= 15 is 0 Å². The molecular formula is C13H10N2O3. The average Bonchev–Trinajstić information content (AvgIpc) is 2.61. The Bertz CT molecular complexity index is 584. The minimum Gasteiger partial charge on any atom is -0.479 e. The molecule has 1 aromatic rings. The number of carbonyl (C=O) groups is 2. The van der Waals surface area contributed by atoms with Gasteiger partial charge >= 0.3 is 0 Å². The van der Waals surface area contributed by atoms with E-state index in [1.54, 1.807) is 31.2 Å². The largest absolute Gasteiger partial charge is 0.479 e. The Morgan fingerprint density at radius 1 is 1.39 bits per heavy atom. The fraction of sp³-hybridized carbons (Fsp3) is 0.154. The molecule has 0 saturated heterocycles. The lowest BCUT2D eigenvalue weighted by atomic mass is 10.2. The summed E-state index contributed by atoms with van der Waals surface area (Å²) in [5, 5.41) is 8.43. The molecule has 1 heterocycles. The van der Waals surface area contributed by atoms with Crippen LogP contribution in [0.15, 0.2) is 35.9 Å². The van der Waals surface area contributed by atoms with Gasteiger partial charge in [-0.3, -0.25) is 9.59 Å².